The molecule has 25 heavy (non-hydrogen) atoms. The van der Waals surface area contributed by atoms with E-state index >= 15 is 0 Å². The number of hydrogen-bond acceptors (Lipinski definition) is 5. The van der Waals surface area contributed by atoms with Gasteiger partial charge in [-0.25, -0.2) is 4.98 Å². The van der Waals surface area contributed by atoms with Crippen molar-refractivity contribution in [3.05, 3.63) is 24.3 Å². The molecule has 0 bridgehead atoms. The van der Waals surface area contributed by atoms with Crippen molar-refractivity contribution < 1.29 is 4.79 Å². The molecule has 1 aliphatic carbocycles. The molecule has 1 atom stereocenters. The molecule has 2 heterocycles. The van der Waals surface area contributed by atoms with Crippen LogP contribution in [0.5, 0.6) is 0 Å². The SMILES string of the molecule is C[C@@H](Sc1nnc2c(n1)[nH]c1ccccc12)C(=O)NC1CCCCC1. The van der Waals surface area contributed by atoms with E-state index < -0.39 is 0 Å². The Kier molecular flexibility index (Phi) is 4.57. The molecule has 1 aromatic carbocycles. The number of hydrogen-bond donors (Lipinski definition) is 2. The van der Waals surface area contributed by atoms with Gasteiger partial charge in [0.15, 0.2) is 5.65 Å². The molecule has 0 aliphatic heterocycles. The smallest absolute Gasteiger partial charge is 0.233 e. The second-order valence-corrected chi connectivity index (χ2v) is 7.87. The second kappa shape index (κ2) is 7.00. The number of aromatic nitrogens is 4. The minimum absolute atomic E-state index is 0.0530. The summed E-state index contributed by atoms with van der Waals surface area (Å²) in [6.07, 6.45) is 5.86. The Morgan fingerprint density at radius 3 is 2.88 bits per heavy atom. The van der Waals surface area contributed by atoms with E-state index in [1.165, 1.54) is 31.0 Å². The predicted octanol–water partition coefficient (Wildman–Crippen LogP) is 3.44. The van der Waals surface area contributed by atoms with Crippen LogP contribution in [0.4, 0.5) is 0 Å². The highest BCUT2D eigenvalue weighted by Crippen LogP contribution is 2.25. The Morgan fingerprint density at radius 2 is 2.04 bits per heavy atom. The Morgan fingerprint density at radius 1 is 1.24 bits per heavy atom. The van der Waals surface area contributed by atoms with Crippen molar-refractivity contribution in [2.75, 3.05) is 0 Å². The molecule has 3 aromatic rings. The zero-order valence-electron chi connectivity index (χ0n) is 14.2. The molecule has 1 aliphatic rings. The standard InChI is InChI=1S/C18H21N5OS/c1-11(17(24)19-12-7-3-2-4-8-12)25-18-21-16-15(22-23-18)13-9-5-6-10-14(13)20-16/h5-6,9-12H,2-4,7-8H2,1H3,(H,19,24)(H,20,21,23)/t11-/m1/s1. The molecule has 7 heteroatoms. The summed E-state index contributed by atoms with van der Waals surface area (Å²) in [5.41, 5.74) is 2.46. The molecule has 4 rings (SSSR count). The average molecular weight is 355 g/mol. The predicted molar refractivity (Wildman–Crippen MR) is 99.5 cm³/mol. The van der Waals surface area contributed by atoms with Crippen LogP contribution in [0.1, 0.15) is 39.0 Å². The molecule has 6 nitrogen and oxygen atoms in total. The Balaban J connectivity index is 1.47. The van der Waals surface area contributed by atoms with Gasteiger partial charge >= 0.3 is 0 Å². The first-order valence-electron chi connectivity index (χ1n) is 8.79. The molecule has 0 unspecified atom stereocenters. The van der Waals surface area contributed by atoms with E-state index in [0.29, 0.717) is 16.8 Å². The van der Waals surface area contributed by atoms with Crippen LogP contribution in [0.2, 0.25) is 0 Å². The van der Waals surface area contributed by atoms with Crippen LogP contribution in [0.3, 0.4) is 0 Å². The molecule has 1 amide bonds. The molecule has 2 N–H and O–H groups in total. The third kappa shape index (κ3) is 3.46. The molecule has 0 radical (unpaired) electrons. The molecule has 0 saturated heterocycles. The monoisotopic (exact) mass is 355 g/mol. The van der Waals surface area contributed by atoms with Crippen LogP contribution < -0.4 is 5.32 Å². The van der Waals surface area contributed by atoms with Crippen molar-refractivity contribution in [2.45, 2.75) is 55.5 Å². The van der Waals surface area contributed by atoms with Crippen LogP contribution in [0.15, 0.2) is 29.4 Å². The Labute approximate surface area is 150 Å². The first-order chi connectivity index (χ1) is 12.2. The van der Waals surface area contributed by atoms with E-state index in [2.05, 4.69) is 25.5 Å². The molecule has 1 saturated carbocycles. The van der Waals surface area contributed by atoms with Crippen LogP contribution in [0.25, 0.3) is 22.1 Å². The number of thioether (sulfide) groups is 1. The summed E-state index contributed by atoms with van der Waals surface area (Å²) in [5, 5.41) is 12.9. The maximum atomic E-state index is 12.4. The topological polar surface area (TPSA) is 83.6 Å². The number of nitrogens with one attached hydrogen (secondary N) is 2. The lowest BCUT2D eigenvalue weighted by Gasteiger charge is -2.24. The number of H-pyrrole nitrogens is 1. The second-order valence-electron chi connectivity index (χ2n) is 6.57. The van der Waals surface area contributed by atoms with Gasteiger partial charge < -0.3 is 10.3 Å². The van der Waals surface area contributed by atoms with E-state index in [4.69, 9.17) is 0 Å². The molecular formula is C18H21N5OS. The number of carbonyl (C=O) groups is 1. The maximum absolute atomic E-state index is 12.4. The Hall–Kier alpha value is -2.15. The van der Waals surface area contributed by atoms with Gasteiger partial charge in [0.25, 0.3) is 0 Å². The number of aromatic amines is 1. The highest BCUT2D eigenvalue weighted by atomic mass is 32.2. The number of benzene rings is 1. The number of para-hydroxylation sites is 1. The normalized spacial score (nSPS) is 17.0. The van der Waals surface area contributed by atoms with Crippen molar-refractivity contribution in [1.29, 1.82) is 0 Å². The maximum Gasteiger partial charge on any atom is 0.233 e. The van der Waals surface area contributed by atoms with Gasteiger partial charge in [0.1, 0.15) is 5.52 Å². The first-order valence-corrected chi connectivity index (χ1v) is 9.67. The van der Waals surface area contributed by atoms with Gasteiger partial charge in [0.2, 0.25) is 11.1 Å². The van der Waals surface area contributed by atoms with Gasteiger partial charge in [-0.1, -0.05) is 49.2 Å². The lowest BCUT2D eigenvalue weighted by atomic mass is 9.95. The van der Waals surface area contributed by atoms with Crippen molar-refractivity contribution >= 4 is 39.7 Å². The first kappa shape index (κ1) is 16.3. The van der Waals surface area contributed by atoms with E-state index in [0.717, 1.165) is 29.3 Å². The summed E-state index contributed by atoms with van der Waals surface area (Å²) in [7, 11) is 0. The highest BCUT2D eigenvalue weighted by Gasteiger charge is 2.21. The fourth-order valence-corrected chi connectivity index (χ4v) is 4.06. The minimum Gasteiger partial charge on any atom is -0.352 e. The summed E-state index contributed by atoms with van der Waals surface area (Å²) >= 11 is 1.35. The molecule has 130 valence electrons. The number of rotatable bonds is 4. The van der Waals surface area contributed by atoms with Gasteiger partial charge in [-0.05, 0) is 25.8 Å². The summed E-state index contributed by atoms with van der Waals surface area (Å²) in [6.45, 7) is 1.89. The van der Waals surface area contributed by atoms with Crippen molar-refractivity contribution in [3.63, 3.8) is 0 Å². The van der Waals surface area contributed by atoms with Crippen molar-refractivity contribution in [1.82, 2.24) is 25.5 Å². The molecular weight excluding hydrogens is 334 g/mol. The zero-order valence-corrected chi connectivity index (χ0v) is 15.0. The quantitative estimate of drug-likeness (QED) is 0.701. The molecule has 1 fully saturated rings. The van der Waals surface area contributed by atoms with Crippen LogP contribution >= 0.6 is 11.8 Å². The fourth-order valence-electron chi connectivity index (χ4n) is 3.33. The van der Waals surface area contributed by atoms with E-state index in [1.54, 1.807) is 0 Å². The number of carbonyl (C=O) groups excluding carboxylic acids is 1. The summed E-state index contributed by atoms with van der Waals surface area (Å²) < 4.78 is 0. The van der Waals surface area contributed by atoms with Gasteiger partial charge in [0.05, 0.1) is 5.25 Å². The third-order valence-corrected chi connectivity index (χ3v) is 5.66. The zero-order chi connectivity index (χ0) is 17.2. The van der Waals surface area contributed by atoms with Crippen LogP contribution in [-0.4, -0.2) is 37.4 Å². The van der Waals surface area contributed by atoms with Gasteiger partial charge in [-0.2, -0.15) is 0 Å². The summed E-state index contributed by atoms with van der Waals surface area (Å²) in [5.74, 6) is 0.0530. The lowest BCUT2D eigenvalue weighted by Crippen LogP contribution is -2.40. The average Bonchev–Trinajstić information content (AvgIpc) is 3.00. The van der Waals surface area contributed by atoms with Crippen LogP contribution in [-0.2, 0) is 4.79 Å². The Bertz CT molecular complexity index is 903. The lowest BCUT2D eigenvalue weighted by molar-refractivity contribution is -0.121. The van der Waals surface area contributed by atoms with E-state index in [-0.39, 0.29) is 11.2 Å². The van der Waals surface area contributed by atoms with Gasteiger partial charge in [-0.15, -0.1) is 10.2 Å². The molecule has 2 aromatic heterocycles. The minimum atomic E-state index is -0.245. The number of amides is 1. The number of fused-ring (bicyclic) bond motifs is 3. The van der Waals surface area contributed by atoms with Crippen molar-refractivity contribution in [3.8, 4) is 0 Å². The highest BCUT2D eigenvalue weighted by molar-refractivity contribution is 8.00. The van der Waals surface area contributed by atoms with Crippen molar-refractivity contribution in [2.24, 2.45) is 0 Å². The summed E-state index contributed by atoms with van der Waals surface area (Å²) in [4.78, 5) is 20.2. The number of nitrogens with zero attached hydrogens (tertiary/aromatic N) is 3. The van der Waals surface area contributed by atoms with Crippen LogP contribution in [0, 0.1) is 0 Å². The summed E-state index contributed by atoms with van der Waals surface area (Å²) in [6, 6.07) is 8.25. The largest absolute Gasteiger partial charge is 0.352 e. The van der Waals surface area contributed by atoms with Gasteiger partial charge in [-0.3, -0.25) is 4.79 Å². The van der Waals surface area contributed by atoms with E-state index in [1.807, 2.05) is 31.2 Å². The van der Waals surface area contributed by atoms with Gasteiger partial charge in [0, 0.05) is 16.9 Å². The molecule has 0 spiro atoms. The van der Waals surface area contributed by atoms with E-state index in [9.17, 15) is 4.79 Å². The fraction of sp³-hybridized carbons (Fsp3) is 0.444. The third-order valence-electron chi connectivity index (χ3n) is 4.71.